The van der Waals surface area contributed by atoms with Gasteiger partial charge in [-0.15, -0.1) is 0 Å². The van der Waals surface area contributed by atoms with E-state index in [1.807, 2.05) is 0 Å². The summed E-state index contributed by atoms with van der Waals surface area (Å²) in [7, 11) is 0. The second-order valence-electron chi connectivity index (χ2n) is 4.26. The van der Waals surface area contributed by atoms with Crippen LogP contribution < -0.4 is 5.32 Å². The molecule has 0 aliphatic rings. The van der Waals surface area contributed by atoms with Crippen LogP contribution in [0, 0.1) is 13.8 Å². The molecule has 0 spiro atoms. The number of aliphatic hydroxyl groups is 1. The van der Waals surface area contributed by atoms with Crippen molar-refractivity contribution < 1.29 is 5.11 Å². The van der Waals surface area contributed by atoms with Crippen molar-refractivity contribution in [2.24, 2.45) is 0 Å². The van der Waals surface area contributed by atoms with Gasteiger partial charge in [0.15, 0.2) is 0 Å². The lowest BCUT2D eigenvalue weighted by Crippen LogP contribution is -2.08. The highest BCUT2D eigenvalue weighted by atomic mass is 16.3. The average molecular weight is 243 g/mol. The fraction of sp³-hybridized carbons (Fsp3) is 0.286. The van der Waals surface area contributed by atoms with Crippen molar-refractivity contribution in [1.82, 2.24) is 9.97 Å². The number of aliphatic hydroxyl groups excluding tert-OH is 1. The van der Waals surface area contributed by atoms with E-state index in [-0.39, 0.29) is 6.61 Å². The minimum atomic E-state index is 0.0716. The second-order valence-corrected chi connectivity index (χ2v) is 4.26. The third-order valence-electron chi connectivity index (χ3n) is 2.74. The van der Waals surface area contributed by atoms with Crippen molar-refractivity contribution in [3.8, 4) is 11.1 Å². The minimum absolute atomic E-state index is 0.0716. The lowest BCUT2D eigenvalue weighted by Gasteiger charge is -2.07. The summed E-state index contributed by atoms with van der Waals surface area (Å²) in [4.78, 5) is 8.45. The van der Waals surface area contributed by atoms with Gasteiger partial charge >= 0.3 is 0 Å². The number of aryl methyl sites for hydroxylation is 2. The van der Waals surface area contributed by atoms with E-state index in [9.17, 15) is 0 Å². The Morgan fingerprint density at radius 2 is 1.89 bits per heavy atom. The first kappa shape index (κ1) is 12.5. The van der Waals surface area contributed by atoms with E-state index >= 15 is 0 Å². The Morgan fingerprint density at radius 3 is 2.50 bits per heavy atom. The third-order valence-corrected chi connectivity index (χ3v) is 2.74. The van der Waals surface area contributed by atoms with Gasteiger partial charge in [0.1, 0.15) is 0 Å². The van der Waals surface area contributed by atoms with Crippen LogP contribution in [-0.4, -0.2) is 28.2 Å². The van der Waals surface area contributed by atoms with Crippen LogP contribution in [0.1, 0.15) is 11.1 Å². The molecular weight excluding hydrogens is 226 g/mol. The molecule has 2 aromatic rings. The van der Waals surface area contributed by atoms with Gasteiger partial charge in [-0.25, -0.2) is 9.97 Å². The molecule has 94 valence electrons. The molecule has 1 aromatic carbocycles. The average Bonchev–Trinajstić information content (AvgIpc) is 2.37. The van der Waals surface area contributed by atoms with Crippen LogP contribution in [-0.2, 0) is 0 Å². The van der Waals surface area contributed by atoms with Gasteiger partial charge in [0.2, 0.25) is 5.95 Å². The number of nitrogens with zero attached hydrogens (tertiary/aromatic N) is 2. The normalized spacial score (nSPS) is 10.4. The molecule has 0 aliphatic heterocycles. The summed E-state index contributed by atoms with van der Waals surface area (Å²) in [6, 6.07) is 6.32. The molecule has 18 heavy (non-hydrogen) atoms. The Labute approximate surface area is 107 Å². The molecule has 0 aliphatic carbocycles. The van der Waals surface area contributed by atoms with Crippen LogP contribution in [0.5, 0.6) is 0 Å². The topological polar surface area (TPSA) is 58.0 Å². The third kappa shape index (κ3) is 2.84. The molecule has 0 bridgehead atoms. The Balaban J connectivity index is 2.23. The summed E-state index contributed by atoms with van der Waals surface area (Å²) in [5, 5.41) is 11.6. The van der Waals surface area contributed by atoms with E-state index < -0.39 is 0 Å². The molecule has 4 nitrogen and oxygen atoms in total. The van der Waals surface area contributed by atoms with Crippen LogP contribution in [0.4, 0.5) is 5.95 Å². The van der Waals surface area contributed by atoms with Crippen LogP contribution in [0.3, 0.4) is 0 Å². The van der Waals surface area contributed by atoms with Crippen molar-refractivity contribution in [1.29, 1.82) is 0 Å². The summed E-state index contributed by atoms with van der Waals surface area (Å²) in [6.45, 7) is 4.69. The Kier molecular flexibility index (Phi) is 3.89. The monoisotopic (exact) mass is 243 g/mol. The Morgan fingerprint density at radius 1 is 1.17 bits per heavy atom. The van der Waals surface area contributed by atoms with Gasteiger partial charge in [-0.1, -0.05) is 23.8 Å². The molecule has 0 radical (unpaired) electrons. The summed E-state index contributed by atoms with van der Waals surface area (Å²) in [5.74, 6) is 0.539. The molecule has 0 saturated heterocycles. The first-order valence-corrected chi connectivity index (χ1v) is 5.95. The number of rotatable bonds is 4. The molecule has 0 fully saturated rings. The van der Waals surface area contributed by atoms with Crippen molar-refractivity contribution in [2.75, 3.05) is 18.5 Å². The zero-order chi connectivity index (χ0) is 13.0. The zero-order valence-corrected chi connectivity index (χ0v) is 10.6. The van der Waals surface area contributed by atoms with Crippen molar-refractivity contribution in [3.63, 3.8) is 0 Å². The van der Waals surface area contributed by atoms with E-state index in [1.165, 1.54) is 11.1 Å². The predicted octanol–water partition coefficient (Wildman–Crippen LogP) is 2.16. The second kappa shape index (κ2) is 5.60. The van der Waals surface area contributed by atoms with Gasteiger partial charge in [0, 0.05) is 24.5 Å². The van der Waals surface area contributed by atoms with Crippen LogP contribution in [0.25, 0.3) is 11.1 Å². The first-order valence-electron chi connectivity index (χ1n) is 5.95. The van der Waals surface area contributed by atoms with Gasteiger partial charge in [-0.3, -0.25) is 0 Å². The van der Waals surface area contributed by atoms with Gasteiger partial charge < -0.3 is 10.4 Å². The molecule has 1 aromatic heterocycles. The van der Waals surface area contributed by atoms with E-state index in [4.69, 9.17) is 5.11 Å². The Bertz CT molecular complexity index is 523. The highest BCUT2D eigenvalue weighted by Gasteiger charge is 2.03. The van der Waals surface area contributed by atoms with Crippen LogP contribution in [0.2, 0.25) is 0 Å². The molecule has 2 N–H and O–H groups in total. The van der Waals surface area contributed by atoms with Crippen LogP contribution in [0.15, 0.2) is 30.6 Å². The largest absolute Gasteiger partial charge is 0.395 e. The molecule has 0 unspecified atom stereocenters. The summed E-state index contributed by atoms with van der Waals surface area (Å²) < 4.78 is 0. The van der Waals surface area contributed by atoms with Gasteiger partial charge in [-0.05, 0) is 25.0 Å². The zero-order valence-electron chi connectivity index (χ0n) is 10.6. The lowest BCUT2D eigenvalue weighted by molar-refractivity contribution is 0.311. The van der Waals surface area contributed by atoms with E-state index in [0.717, 1.165) is 11.1 Å². The molecule has 2 rings (SSSR count). The predicted molar refractivity (Wildman–Crippen MR) is 72.5 cm³/mol. The number of nitrogens with one attached hydrogen (secondary N) is 1. The standard InChI is InChI=1S/C14H17N3O/c1-10-3-4-13(11(2)7-10)12-8-16-14(17-9-12)15-5-6-18/h3-4,7-9,18H,5-6H2,1-2H3,(H,15,16,17). The van der Waals surface area contributed by atoms with E-state index in [1.54, 1.807) is 12.4 Å². The maximum Gasteiger partial charge on any atom is 0.222 e. The molecule has 1 heterocycles. The molecule has 0 saturated carbocycles. The SMILES string of the molecule is Cc1ccc(-c2cnc(NCCO)nc2)c(C)c1. The fourth-order valence-corrected chi connectivity index (χ4v) is 1.86. The van der Waals surface area contributed by atoms with Gasteiger partial charge in [0.25, 0.3) is 0 Å². The van der Waals surface area contributed by atoms with Gasteiger partial charge in [0.05, 0.1) is 6.61 Å². The molecular formula is C14H17N3O. The highest BCUT2D eigenvalue weighted by molar-refractivity contribution is 5.66. The highest BCUT2D eigenvalue weighted by Crippen LogP contribution is 2.23. The summed E-state index contributed by atoms with van der Waals surface area (Å²) in [6.07, 6.45) is 3.59. The van der Waals surface area contributed by atoms with Crippen LogP contribution >= 0.6 is 0 Å². The van der Waals surface area contributed by atoms with Gasteiger partial charge in [-0.2, -0.15) is 0 Å². The fourth-order valence-electron chi connectivity index (χ4n) is 1.86. The Hall–Kier alpha value is -1.94. The molecule has 0 atom stereocenters. The first-order chi connectivity index (χ1) is 8.70. The molecule has 0 amide bonds. The smallest absolute Gasteiger partial charge is 0.222 e. The lowest BCUT2D eigenvalue weighted by atomic mass is 10.0. The number of hydrogen-bond acceptors (Lipinski definition) is 4. The quantitative estimate of drug-likeness (QED) is 0.864. The van der Waals surface area contributed by atoms with Crippen molar-refractivity contribution >= 4 is 5.95 Å². The summed E-state index contributed by atoms with van der Waals surface area (Å²) in [5.41, 5.74) is 4.62. The van der Waals surface area contributed by atoms with E-state index in [0.29, 0.717) is 12.5 Å². The maximum absolute atomic E-state index is 8.70. The minimum Gasteiger partial charge on any atom is -0.395 e. The number of benzene rings is 1. The number of aromatic nitrogens is 2. The van der Waals surface area contributed by atoms with E-state index in [2.05, 4.69) is 47.3 Å². The van der Waals surface area contributed by atoms with Crippen molar-refractivity contribution in [2.45, 2.75) is 13.8 Å². The summed E-state index contributed by atoms with van der Waals surface area (Å²) >= 11 is 0. The molecule has 4 heteroatoms. The van der Waals surface area contributed by atoms with Crippen molar-refractivity contribution in [3.05, 3.63) is 41.7 Å². The maximum atomic E-state index is 8.70. The number of anilines is 1. The number of hydrogen-bond donors (Lipinski definition) is 2.